The zero-order valence-corrected chi connectivity index (χ0v) is 18.6. The molecule has 0 saturated heterocycles. The Morgan fingerprint density at radius 1 is 1.03 bits per heavy atom. The molecule has 1 aliphatic rings. The Balaban J connectivity index is 1.71. The molecule has 0 bridgehead atoms. The lowest BCUT2D eigenvalue weighted by molar-refractivity contribution is -0.126. The summed E-state index contributed by atoms with van der Waals surface area (Å²) in [6, 6.07) is 13.1. The molecule has 0 spiro atoms. The highest BCUT2D eigenvalue weighted by Crippen LogP contribution is 2.28. The van der Waals surface area contributed by atoms with E-state index in [4.69, 9.17) is 4.74 Å². The summed E-state index contributed by atoms with van der Waals surface area (Å²) in [6.07, 6.45) is 5.05. The SMILES string of the molecule is CNC1CCC(C(=O)NCc2cc(-c3ccc(S(C)(=O)=O)cc3)ccc2OC)CC1. The van der Waals surface area contributed by atoms with Crippen LogP contribution in [0.15, 0.2) is 47.4 Å². The Labute approximate surface area is 178 Å². The van der Waals surface area contributed by atoms with Crippen LogP contribution in [0, 0.1) is 5.92 Å². The normalized spacial score (nSPS) is 19.3. The maximum Gasteiger partial charge on any atom is 0.223 e. The summed E-state index contributed by atoms with van der Waals surface area (Å²) >= 11 is 0. The van der Waals surface area contributed by atoms with Crippen LogP contribution < -0.4 is 15.4 Å². The van der Waals surface area contributed by atoms with Gasteiger partial charge in [-0.1, -0.05) is 18.2 Å². The van der Waals surface area contributed by atoms with Gasteiger partial charge in [0.2, 0.25) is 5.91 Å². The number of hydrogen-bond donors (Lipinski definition) is 2. The Bertz CT molecular complexity index is 979. The summed E-state index contributed by atoms with van der Waals surface area (Å²) in [5.74, 6) is 0.868. The molecule has 0 aliphatic heterocycles. The van der Waals surface area contributed by atoms with Crippen molar-refractivity contribution in [1.82, 2.24) is 10.6 Å². The number of methoxy groups -OCH3 is 1. The van der Waals surface area contributed by atoms with Crippen molar-refractivity contribution in [3.63, 3.8) is 0 Å². The van der Waals surface area contributed by atoms with Crippen LogP contribution in [0.1, 0.15) is 31.2 Å². The van der Waals surface area contributed by atoms with Gasteiger partial charge in [-0.2, -0.15) is 0 Å². The summed E-state index contributed by atoms with van der Waals surface area (Å²) in [6.45, 7) is 0.392. The Kier molecular flexibility index (Phi) is 7.15. The molecular formula is C23H30N2O4S. The van der Waals surface area contributed by atoms with Crippen LogP contribution in [-0.2, 0) is 21.2 Å². The molecular weight excluding hydrogens is 400 g/mol. The molecule has 0 heterocycles. The molecule has 162 valence electrons. The number of rotatable bonds is 7. The fraction of sp³-hybridized carbons (Fsp3) is 0.435. The molecule has 1 saturated carbocycles. The Morgan fingerprint density at radius 3 is 2.23 bits per heavy atom. The van der Waals surface area contributed by atoms with Crippen molar-refractivity contribution in [1.29, 1.82) is 0 Å². The summed E-state index contributed by atoms with van der Waals surface area (Å²) in [7, 11) is 0.356. The molecule has 2 N–H and O–H groups in total. The van der Waals surface area contributed by atoms with Gasteiger partial charge < -0.3 is 15.4 Å². The smallest absolute Gasteiger partial charge is 0.223 e. The van der Waals surface area contributed by atoms with Gasteiger partial charge in [0.05, 0.1) is 12.0 Å². The minimum Gasteiger partial charge on any atom is -0.496 e. The van der Waals surface area contributed by atoms with Crippen molar-refractivity contribution >= 4 is 15.7 Å². The quantitative estimate of drug-likeness (QED) is 0.705. The van der Waals surface area contributed by atoms with Crippen LogP contribution in [-0.4, -0.2) is 40.8 Å². The van der Waals surface area contributed by atoms with Crippen LogP contribution in [0.3, 0.4) is 0 Å². The zero-order valence-electron chi connectivity index (χ0n) is 17.8. The number of sulfone groups is 1. The van der Waals surface area contributed by atoms with Gasteiger partial charge in [-0.25, -0.2) is 8.42 Å². The van der Waals surface area contributed by atoms with Gasteiger partial charge >= 0.3 is 0 Å². The molecule has 6 nitrogen and oxygen atoms in total. The van der Waals surface area contributed by atoms with Gasteiger partial charge in [0.15, 0.2) is 9.84 Å². The number of nitrogens with one attached hydrogen (secondary N) is 2. The highest BCUT2D eigenvalue weighted by Gasteiger charge is 2.25. The Hall–Kier alpha value is -2.38. The van der Waals surface area contributed by atoms with E-state index in [0.29, 0.717) is 23.2 Å². The number of ether oxygens (including phenoxy) is 1. The van der Waals surface area contributed by atoms with E-state index in [0.717, 1.165) is 42.4 Å². The van der Waals surface area contributed by atoms with Crippen molar-refractivity contribution in [3.05, 3.63) is 48.0 Å². The van der Waals surface area contributed by atoms with E-state index in [1.54, 1.807) is 31.4 Å². The minimum atomic E-state index is -3.23. The zero-order chi connectivity index (χ0) is 21.7. The summed E-state index contributed by atoms with van der Waals surface area (Å²) in [4.78, 5) is 12.9. The van der Waals surface area contributed by atoms with Gasteiger partial charge in [0.25, 0.3) is 0 Å². The molecule has 0 radical (unpaired) electrons. The maximum atomic E-state index is 12.6. The lowest BCUT2D eigenvalue weighted by Crippen LogP contribution is -2.37. The largest absolute Gasteiger partial charge is 0.496 e. The topological polar surface area (TPSA) is 84.5 Å². The number of amides is 1. The van der Waals surface area contributed by atoms with Gasteiger partial charge in [-0.3, -0.25) is 4.79 Å². The molecule has 7 heteroatoms. The molecule has 0 atom stereocenters. The maximum absolute atomic E-state index is 12.6. The summed E-state index contributed by atoms with van der Waals surface area (Å²) < 4.78 is 28.8. The van der Waals surface area contributed by atoms with E-state index in [2.05, 4.69) is 10.6 Å². The average molecular weight is 431 g/mol. The van der Waals surface area contributed by atoms with E-state index in [1.807, 2.05) is 25.2 Å². The van der Waals surface area contributed by atoms with Crippen LogP contribution in [0.2, 0.25) is 0 Å². The molecule has 1 fully saturated rings. The molecule has 2 aromatic rings. The van der Waals surface area contributed by atoms with Crippen molar-refractivity contribution in [3.8, 4) is 16.9 Å². The summed E-state index contributed by atoms with van der Waals surface area (Å²) in [5, 5.41) is 6.35. The third-order valence-electron chi connectivity index (χ3n) is 5.86. The second kappa shape index (κ2) is 9.62. The molecule has 2 aromatic carbocycles. The number of carbonyl (C=O) groups is 1. The predicted octanol–water partition coefficient (Wildman–Crippen LogP) is 3.16. The van der Waals surface area contributed by atoms with Crippen molar-refractivity contribution in [2.75, 3.05) is 20.4 Å². The van der Waals surface area contributed by atoms with Gasteiger partial charge in [-0.05, 0) is 68.1 Å². The Morgan fingerprint density at radius 2 is 1.67 bits per heavy atom. The van der Waals surface area contributed by atoms with E-state index in [1.165, 1.54) is 6.26 Å². The first-order valence-electron chi connectivity index (χ1n) is 10.2. The van der Waals surface area contributed by atoms with E-state index in [-0.39, 0.29) is 11.8 Å². The number of carbonyl (C=O) groups excluding carboxylic acids is 1. The molecule has 3 rings (SSSR count). The second-order valence-electron chi connectivity index (χ2n) is 7.88. The third kappa shape index (κ3) is 5.40. The minimum absolute atomic E-state index is 0.0623. The van der Waals surface area contributed by atoms with E-state index >= 15 is 0 Å². The van der Waals surface area contributed by atoms with E-state index in [9.17, 15) is 13.2 Å². The molecule has 0 unspecified atom stereocenters. The summed E-state index contributed by atoms with van der Waals surface area (Å²) in [5.41, 5.74) is 2.73. The van der Waals surface area contributed by atoms with Crippen LogP contribution in [0.25, 0.3) is 11.1 Å². The highest BCUT2D eigenvalue weighted by atomic mass is 32.2. The van der Waals surface area contributed by atoms with Gasteiger partial charge in [0, 0.05) is 30.3 Å². The lowest BCUT2D eigenvalue weighted by atomic mass is 9.85. The van der Waals surface area contributed by atoms with Crippen LogP contribution in [0.5, 0.6) is 5.75 Å². The predicted molar refractivity (Wildman–Crippen MR) is 118 cm³/mol. The van der Waals surface area contributed by atoms with Crippen LogP contribution in [0.4, 0.5) is 0 Å². The first kappa shape index (κ1) is 22.3. The van der Waals surface area contributed by atoms with Gasteiger partial charge in [0.1, 0.15) is 5.75 Å². The monoisotopic (exact) mass is 430 g/mol. The molecule has 1 amide bonds. The number of benzene rings is 2. The highest BCUT2D eigenvalue weighted by molar-refractivity contribution is 7.90. The van der Waals surface area contributed by atoms with Crippen LogP contribution >= 0.6 is 0 Å². The fourth-order valence-electron chi connectivity index (χ4n) is 3.96. The molecule has 0 aromatic heterocycles. The van der Waals surface area contributed by atoms with E-state index < -0.39 is 9.84 Å². The first-order valence-corrected chi connectivity index (χ1v) is 12.1. The molecule has 30 heavy (non-hydrogen) atoms. The van der Waals surface area contributed by atoms with Crippen molar-refractivity contribution < 1.29 is 17.9 Å². The van der Waals surface area contributed by atoms with Crippen molar-refractivity contribution in [2.24, 2.45) is 5.92 Å². The third-order valence-corrected chi connectivity index (χ3v) is 6.98. The van der Waals surface area contributed by atoms with Crippen molar-refractivity contribution in [2.45, 2.75) is 43.2 Å². The van der Waals surface area contributed by atoms with Gasteiger partial charge in [-0.15, -0.1) is 0 Å². The first-order chi connectivity index (χ1) is 14.3. The average Bonchev–Trinajstić information content (AvgIpc) is 2.76. The molecule has 1 aliphatic carbocycles. The standard InChI is InChI=1S/C23H30N2O4S/c1-24-20-9-4-17(5-10-20)23(26)25-15-19-14-18(8-13-22(19)29-2)16-6-11-21(12-7-16)30(3,27)28/h6-8,11-14,17,20,24H,4-5,9-10,15H2,1-3H3,(H,25,26). The lowest BCUT2D eigenvalue weighted by Gasteiger charge is -2.27. The fourth-order valence-corrected chi connectivity index (χ4v) is 4.59. The second-order valence-corrected chi connectivity index (χ2v) is 9.89. The number of hydrogen-bond acceptors (Lipinski definition) is 5.